The number of nitrogens with one attached hydrogen (secondary N) is 2. The standard InChI is InChI=1S/C19H21FN2O3/c20-16-9-7-15(8-10-16)19(25)22-12-4-11-21-18(24)13-17(23)14-5-2-1-3-6-14/h1-3,5-10,17,23H,4,11-13H2,(H,21,24)(H,22,25). The van der Waals surface area contributed by atoms with Gasteiger partial charge in [0, 0.05) is 18.7 Å². The van der Waals surface area contributed by atoms with E-state index in [0.717, 1.165) is 0 Å². The molecule has 132 valence electrons. The van der Waals surface area contributed by atoms with E-state index in [-0.39, 0.29) is 18.2 Å². The molecule has 25 heavy (non-hydrogen) atoms. The lowest BCUT2D eigenvalue weighted by atomic mass is 10.1. The SMILES string of the molecule is O=C(CC(O)c1ccccc1)NCCCNC(=O)c1ccc(F)cc1. The van der Waals surface area contributed by atoms with E-state index in [1.165, 1.54) is 24.3 Å². The summed E-state index contributed by atoms with van der Waals surface area (Å²) in [5, 5.41) is 15.4. The normalized spacial score (nSPS) is 11.6. The number of carbonyl (C=O) groups excluding carboxylic acids is 2. The maximum absolute atomic E-state index is 12.8. The van der Waals surface area contributed by atoms with Gasteiger partial charge < -0.3 is 15.7 Å². The van der Waals surface area contributed by atoms with Crippen molar-refractivity contribution in [1.29, 1.82) is 0 Å². The Morgan fingerprint density at radius 1 is 0.960 bits per heavy atom. The first-order chi connectivity index (χ1) is 12.1. The van der Waals surface area contributed by atoms with Crippen LogP contribution in [0.5, 0.6) is 0 Å². The molecule has 0 aromatic heterocycles. The lowest BCUT2D eigenvalue weighted by molar-refractivity contribution is -0.123. The summed E-state index contributed by atoms with van der Waals surface area (Å²) in [5.74, 6) is -0.927. The Hall–Kier alpha value is -2.73. The molecule has 0 saturated heterocycles. The molecule has 0 fully saturated rings. The van der Waals surface area contributed by atoms with Gasteiger partial charge in [-0.25, -0.2) is 4.39 Å². The summed E-state index contributed by atoms with van der Waals surface area (Å²) >= 11 is 0. The second-order valence-corrected chi connectivity index (χ2v) is 5.60. The van der Waals surface area contributed by atoms with Crippen molar-refractivity contribution < 1.29 is 19.1 Å². The first-order valence-corrected chi connectivity index (χ1v) is 8.10. The fourth-order valence-corrected chi connectivity index (χ4v) is 2.26. The van der Waals surface area contributed by atoms with E-state index in [4.69, 9.17) is 0 Å². The summed E-state index contributed by atoms with van der Waals surface area (Å²) in [7, 11) is 0. The summed E-state index contributed by atoms with van der Waals surface area (Å²) in [5.41, 5.74) is 1.08. The molecule has 2 aromatic rings. The van der Waals surface area contributed by atoms with Gasteiger partial charge in [-0.1, -0.05) is 30.3 Å². The van der Waals surface area contributed by atoms with Crippen LogP contribution in [-0.4, -0.2) is 30.0 Å². The highest BCUT2D eigenvalue weighted by Gasteiger charge is 2.12. The number of benzene rings is 2. The number of aliphatic hydroxyl groups is 1. The van der Waals surface area contributed by atoms with E-state index in [2.05, 4.69) is 10.6 Å². The van der Waals surface area contributed by atoms with Gasteiger partial charge in [-0.2, -0.15) is 0 Å². The van der Waals surface area contributed by atoms with E-state index in [9.17, 15) is 19.1 Å². The third-order valence-corrected chi connectivity index (χ3v) is 3.63. The highest BCUT2D eigenvalue weighted by atomic mass is 19.1. The Morgan fingerprint density at radius 3 is 2.28 bits per heavy atom. The molecule has 2 amide bonds. The molecule has 0 spiro atoms. The number of hydrogen-bond donors (Lipinski definition) is 3. The number of hydrogen-bond acceptors (Lipinski definition) is 3. The van der Waals surface area contributed by atoms with E-state index >= 15 is 0 Å². The molecule has 1 unspecified atom stereocenters. The van der Waals surface area contributed by atoms with Crippen molar-refractivity contribution in [3.05, 3.63) is 71.5 Å². The third-order valence-electron chi connectivity index (χ3n) is 3.63. The first-order valence-electron chi connectivity index (χ1n) is 8.10. The van der Waals surface area contributed by atoms with Gasteiger partial charge in [0.1, 0.15) is 5.82 Å². The van der Waals surface area contributed by atoms with Crippen molar-refractivity contribution in [2.75, 3.05) is 13.1 Å². The van der Waals surface area contributed by atoms with Crippen molar-refractivity contribution in [1.82, 2.24) is 10.6 Å². The summed E-state index contributed by atoms with van der Waals surface area (Å²) in [6, 6.07) is 14.3. The highest BCUT2D eigenvalue weighted by molar-refractivity contribution is 5.94. The molecule has 0 bridgehead atoms. The van der Waals surface area contributed by atoms with Crippen LogP contribution in [-0.2, 0) is 4.79 Å². The lowest BCUT2D eigenvalue weighted by Gasteiger charge is -2.11. The minimum absolute atomic E-state index is 0.00798. The summed E-state index contributed by atoms with van der Waals surface area (Å²) in [6.07, 6.45) is -0.286. The second kappa shape index (κ2) is 9.54. The Kier molecular flexibility index (Phi) is 7.10. The number of carbonyl (C=O) groups is 2. The van der Waals surface area contributed by atoms with Crippen LogP contribution in [0.3, 0.4) is 0 Å². The van der Waals surface area contributed by atoms with Gasteiger partial charge in [0.25, 0.3) is 5.91 Å². The number of aliphatic hydroxyl groups excluding tert-OH is 1. The van der Waals surface area contributed by atoms with Gasteiger partial charge >= 0.3 is 0 Å². The molecule has 0 saturated carbocycles. The number of halogens is 1. The molecule has 6 heteroatoms. The van der Waals surface area contributed by atoms with Gasteiger partial charge in [-0.3, -0.25) is 9.59 Å². The largest absolute Gasteiger partial charge is 0.388 e. The van der Waals surface area contributed by atoms with E-state index in [1.54, 1.807) is 24.3 Å². The lowest BCUT2D eigenvalue weighted by Crippen LogP contribution is -2.30. The van der Waals surface area contributed by atoms with Crippen molar-refractivity contribution >= 4 is 11.8 Å². The zero-order chi connectivity index (χ0) is 18.1. The number of rotatable bonds is 8. The summed E-state index contributed by atoms with van der Waals surface area (Å²) < 4.78 is 12.8. The molecule has 0 aliphatic rings. The number of amides is 2. The minimum Gasteiger partial charge on any atom is -0.388 e. The average Bonchev–Trinajstić information content (AvgIpc) is 2.62. The molecule has 5 nitrogen and oxygen atoms in total. The molecule has 0 radical (unpaired) electrons. The smallest absolute Gasteiger partial charge is 0.251 e. The van der Waals surface area contributed by atoms with E-state index in [1.807, 2.05) is 6.07 Å². The summed E-state index contributed by atoms with van der Waals surface area (Å²) in [6.45, 7) is 0.780. The zero-order valence-corrected chi connectivity index (χ0v) is 13.7. The second-order valence-electron chi connectivity index (χ2n) is 5.60. The van der Waals surface area contributed by atoms with Crippen LogP contribution >= 0.6 is 0 Å². The fourth-order valence-electron chi connectivity index (χ4n) is 2.26. The van der Waals surface area contributed by atoms with Crippen molar-refractivity contribution in [3.63, 3.8) is 0 Å². The van der Waals surface area contributed by atoms with Crippen LogP contribution in [0, 0.1) is 5.82 Å². The highest BCUT2D eigenvalue weighted by Crippen LogP contribution is 2.15. The summed E-state index contributed by atoms with van der Waals surface area (Å²) in [4.78, 5) is 23.6. The van der Waals surface area contributed by atoms with Gasteiger partial charge in [0.2, 0.25) is 5.91 Å². The van der Waals surface area contributed by atoms with Gasteiger partial charge in [0.05, 0.1) is 12.5 Å². The minimum atomic E-state index is -0.834. The van der Waals surface area contributed by atoms with Gasteiger partial charge in [-0.15, -0.1) is 0 Å². The molecule has 0 heterocycles. The quantitative estimate of drug-likeness (QED) is 0.642. The van der Waals surface area contributed by atoms with Gasteiger partial charge in [-0.05, 0) is 36.2 Å². The fraction of sp³-hybridized carbons (Fsp3) is 0.263. The van der Waals surface area contributed by atoms with Crippen LogP contribution < -0.4 is 10.6 Å². The molecule has 1 atom stereocenters. The van der Waals surface area contributed by atoms with Crippen molar-refractivity contribution in [2.24, 2.45) is 0 Å². The zero-order valence-electron chi connectivity index (χ0n) is 13.7. The molecule has 0 aliphatic carbocycles. The van der Waals surface area contributed by atoms with E-state index < -0.39 is 11.9 Å². The Balaban J connectivity index is 1.61. The van der Waals surface area contributed by atoms with E-state index in [0.29, 0.717) is 30.6 Å². The molecular formula is C19H21FN2O3. The third kappa shape index (κ3) is 6.35. The molecule has 3 N–H and O–H groups in total. The molecular weight excluding hydrogens is 323 g/mol. The molecule has 2 aromatic carbocycles. The maximum atomic E-state index is 12.8. The maximum Gasteiger partial charge on any atom is 0.251 e. The Bertz CT molecular complexity index is 690. The topological polar surface area (TPSA) is 78.4 Å². The van der Waals surface area contributed by atoms with Crippen molar-refractivity contribution in [2.45, 2.75) is 18.9 Å². The first kappa shape index (κ1) is 18.6. The predicted molar refractivity (Wildman–Crippen MR) is 92.4 cm³/mol. The average molecular weight is 344 g/mol. The Labute approximate surface area is 145 Å². The van der Waals surface area contributed by atoms with Crippen LogP contribution in [0.2, 0.25) is 0 Å². The monoisotopic (exact) mass is 344 g/mol. The van der Waals surface area contributed by atoms with Crippen LogP contribution in [0.1, 0.15) is 34.9 Å². The molecule has 2 rings (SSSR count). The predicted octanol–water partition coefficient (Wildman–Crippen LogP) is 2.19. The van der Waals surface area contributed by atoms with Crippen LogP contribution in [0.4, 0.5) is 4.39 Å². The Morgan fingerprint density at radius 2 is 1.60 bits per heavy atom. The van der Waals surface area contributed by atoms with Crippen molar-refractivity contribution in [3.8, 4) is 0 Å². The van der Waals surface area contributed by atoms with Crippen LogP contribution in [0.25, 0.3) is 0 Å². The molecule has 0 aliphatic heterocycles. The van der Waals surface area contributed by atoms with Gasteiger partial charge in [0.15, 0.2) is 0 Å². The van der Waals surface area contributed by atoms with Crippen LogP contribution in [0.15, 0.2) is 54.6 Å².